The number of benzene rings is 2. The van der Waals surface area contributed by atoms with Gasteiger partial charge in [0.25, 0.3) is 0 Å². The highest BCUT2D eigenvalue weighted by Gasteiger charge is 2.12. The first-order valence-electron chi connectivity index (χ1n) is 9.86. The molecule has 0 atom stereocenters. The van der Waals surface area contributed by atoms with Crippen molar-refractivity contribution in [3.05, 3.63) is 35.4 Å². The molecule has 182 valence electrons. The van der Waals surface area contributed by atoms with Crippen LogP contribution in [0, 0.1) is 0 Å². The van der Waals surface area contributed by atoms with Gasteiger partial charge in [-0.15, -0.1) is 0 Å². The maximum absolute atomic E-state index is 11.9. The maximum Gasteiger partial charge on any atom is 0.240 e. The molecule has 2 aromatic carbocycles. The number of nitrogens with one attached hydrogen (secondary N) is 2. The predicted octanol–water partition coefficient (Wildman–Crippen LogP) is 1.51. The maximum atomic E-state index is 11.9. The zero-order valence-electron chi connectivity index (χ0n) is 19.1. The molecule has 34 heavy (non-hydrogen) atoms. The van der Waals surface area contributed by atoms with Gasteiger partial charge in [0.2, 0.25) is 23.3 Å². The van der Waals surface area contributed by atoms with Crippen molar-refractivity contribution in [1.29, 1.82) is 0 Å². The fourth-order valence-electron chi connectivity index (χ4n) is 2.67. The van der Waals surface area contributed by atoms with Gasteiger partial charge in [0.1, 0.15) is 0 Å². The van der Waals surface area contributed by atoms with Crippen LogP contribution in [0.1, 0.15) is 24.0 Å². The molecule has 2 rings (SSSR count). The summed E-state index contributed by atoms with van der Waals surface area (Å²) in [6, 6.07) is 6.05. The van der Waals surface area contributed by atoms with Crippen LogP contribution in [0.15, 0.2) is 34.5 Å². The van der Waals surface area contributed by atoms with Crippen LogP contribution in [0.25, 0.3) is 0 Å². The van der Waals surface area contributed by atoms with Crippen molar-refractivity contribution >= 4 is 24.2 Å². The number of nitrogens with zero attached hydrogens (tertiary/aromatic N) is 2. The van der Waals surface area contributed by atoms with Gasteiger partial charge < -0.3 is 29.2 Å². The molecule has 0 saturated carbocycles. The zero-order valence-corrected chi connectivity index (χ0v) is 19.1. The molecule has 0 spiro atoms. The molecule has 0 bridgehead atoms. The van der Waals surface area contributed by atoms with E-state index in [0.717, 1.165) is 0 Å². The van der Waals surface area contributed by atoms with Gasteiger partial charge in [-0.05, 0) is 24.3 Å². The van der Waals surface area contributed by atoms with Gasteiger partial charge in [-0.2, -0.15) is 10.2 Å². The standard InChI is InChI=1S/C22H26N4O8/c1-31-15-7-13(8-16(32-2)21(15)29)11-23-25-19(27)5-6-20(28)26-24-12-14-9-17(33-3)22(30)18(10-14)34-4/h7-12,29-30H,5-6H2,1-4H3,(H,25,27)(H,26,28). The number of ether oxygens (including phenoxy) is 4. The molecule has 0 aliphatic rings. The number of phenolic OH excluding ortho intramolecular Hbond substituents is 2. The Kier molecular flexibility index (Phi) is 9.50. The lowest BCUT2D eigenvalue weighted by molar-refractivity contribution is -0.126. The molecule has 12 heteroatoms. The van der Waals surface area contributed by atoms with Crippen LogP contribution in [-0.4, -0.2) is 62.9 Å². The molecule has 4 N–H and O–H groups in total. The minimum absolute atomic E-state index is 0.123. The number of hydrogen-bond acceptors (Lipinski definition) is 10. The molecule has 12 nitrogen and oxygen atoms in total. The highest BCUT2D eigenvalue weighted by atomic mass is 16.5. The van der Waals surface area contributed by atoms with Crippen LogP contribution in [0.3, 0.4) is 0 Å². The second-order valence-electron chi connectivity index (χ2n) is 6.63. The number of methoxy groups -OCH3 is 4. The summed E-state index contributed by atoms with van der Waals surface area (Å²) in [5.41, 5.74) is 5.64. The van der Waals surface area contributed by atoms with E-state index < -0.39 is 11.8 Å². The Morgan fingerprint density at radius 1 is 0.706 bits per heavy atom. The van der Waals surface area contributed by atoms with Crippen molar-refractivity contribution in [1.82, 2.24) is 10.9 Å². The monoisotopic (exact) mass is 474 g/mol. The molecule has 0 saturated heterocycles. The summed E-state index contributed by atoms with van der Waals surface area (Å²) in [6.07, 6.45) is 2.43. The summed E-state index contributed by atoms with van der Waals surface area (Å²) in [5.74, 6) is -0.515. The molecule has 0 radical (unpaired) electrons. The highest BCUT2D eigenvalue weighted by Crippen LogP contribution is 2.37. The molecule has 0 unspecified atom stereocenters. The lowest BCUT2D eigenvalue weighted by atomic mass is 10.2. The first-order chi connectivity index (χ1) is 16.3. The number of carbonyl (C=O) groups is 2. The molecule has 2 amide bonds. The Morgan fingerprint density at radius 3 is 1.26 bits per heavy atom. The molecule has 0 fully saturated rings. The average Bonchev–Trinajstić information content (AvgIpc) is 2.84. The average molecular weight is 474 g/mol. The summed E-state index contributed by atoms with van der Waals surface area (Å²) < 4.78 is 20.2. The van der Waals surface area contributed by atoms with E-state index in [2.05, 4.69) is 21.1 Å². The van der Waals surface area contributed by atoms with Crippen LogP contribution < -0.4 is 29.8 Å². The number of carbonyl (C=O) groups excluding carboxylic acids is 2. The van der Waals surface area contributed by atoms with E-state index >= 15 is 0 Å². The van der Waals surface area contributed by atoms with E-state index in [-0.39, 0.29) is 47.3 Å². The van der Waals surface area contributed by atoms with Gasteiger partial charge in [-0.1, -0.05) is 0 Å². The van der Waals surface area contributed by atoms with E-state index in [9.17, 15) is 19.8 Å². The topological polar surface area (TPSA) is 160 Å². The Bertz CT molecular complexity index is 949. The largest absolute Gasteiger partial charge is 0.502 e. The number of hydrogen-bond donors (Lipinski definition) is 4. The Balaban J connectivity index is 1.84. The molecular formula is C22H26N4O8. The van der Waals surface area contributed by atoms with Crippen molar-refractivity contribution in [2.75, 3.05) is 28.4 Å². The summed E-state index contributed by atoms with van der Waals surface area (Å²) in [7, 11) is 5.57. The fraction of sp³-hybridized carbons (Fsp3) is 0.273. The summed E-state index contributed by atoms with van der Waals surface area (Å²) in [5, 5.41) is 27.4. The first-order valence-corrected chi connectivity index (χ1v) is 9.86. The third kappa shape index (κ3) is 7.02. The minimum Gasteiger partial charge on any atom is -0.502 e. The number of aromatic hydroxyl groups is 2. The van der Waals surface area contributed by atoms with Gasteiger partial charge in [0.05, 0.1) is 40.9 Å². The third-order valence-electron chi connectivity index (χ3n) is 4.39. The van der Waals surface area contributed by atoms with E-state index in [4.69, 9.17) is 18.9 Å². The minimum atomic E-state index is -0.485. The van der Waals surface area contributed by atoms with Crippen molar-refractivity contribution in [2.45, 2.75) is 12.8 Å². The van der Waals surface area contributed by atoms with Crippen LogP contribution in [0.4, 0.5) is 0 Å². The van der Waals surface area contributed by atoms with Crippen LogP contribution >= 0.6 is 0 Å². The second kappa shape index (κ2) is 12.5. The number of phenols is 2. The van der Waals surface area contributed by atoms with Crippen LogP contribution in [0.5, 0.6) is 34.5 Å². The quantitative estimate of drug-likeness (QED) is 0.282. The van der Waals surface area contributed by atoms with Gasteiger partial charge in [0.15, 0.2) is 23.0 Å². The molecule has 0 heterocycles. The predicted molar refractivity (Wildman–Crippen MR) is 123 cm³/mol. The smallest absolute Gasteiger partial charge is 0.240 e. The summed E-state index contributed by atoms with van der Waals surface area (Å²) in [4.78, 5) is 23.8. The third-order valence-corrected chi connectivity index (χ3v) is 4.39. The highest BCUT2D eigenvalue weighted by molar-refractivity contribution is 5.87. The van der Waals surface area contributed by atoms with Crippen molar-refractivity contribution < 1.29 is 38.7 Å². The fourth-order valence-corrected chi connectivity index (χ4v) is 2.67. The molecular weight excluding hydrogens is 448 g/mol. The Hall–Kier alpha value is -4.48. The van der Waals surface area contributed by atoms with Crippen molar-refractivity contribution in [3.63, 3.8) is 0 Å². The lowest BCUT2D eigenvalue weighted by Crippen LogP contribution is -2.22. The number of amides is 2. The Labute approximate surface area is 195 Å². The van der Waals surface area contributed by atoms with Crippen molar-refractivity contribution in [2.24, 2.45) is 10.2 Å². The van der Waals surface area contributed by atoms with Gasteiger partial charge in [0, 0.05) is 24.0 Å². The molecule has 0 aliphatic heterocycles. The second-order valence-corrected chi connectivity index (χ2v) is 6.63. The van der Waals surface area contributed by atoms with Crippen molar-refractivity contribution in [3.8, 4) is 34.5 Å². The zero-order chi connectivity index (χ0) is 25.1. The molecule has 0 aliphatic carbocycles. The van der Waals surface area contributed by atoms with Crippen LogP contribution in [0.2, 0.25) is 0 Å². The normalized spacial score (nSPS) is 10.8. The first kappa shape index (κ1) is 25.8. The molecule has 2 aromatic rings. The summed E-state index contributed by atoms with van der Waals surface area (Å²) >= 11 is 0. The Morgan fingerprint density at radius 2 is 1.00 bits per heavy atom. The van der Waals surface area contributed by atoms with Gasteiger partial charge in [-0.3, -0.25) is 9.59 Å². The van der Waals surface area contributed by atoms with E-state index in [0.29, 0.717) is 11.1 Å². The van der Waals surface area contributed by atoms with Crippen LogP contribution in [-0.2, 0) is 9.59 Å². The number of hydrazone groups is 2. The van der Waals surface area contributed by atoms with E-state index in [1.54, 1.807) is 0 Å². The SMILES string of the molecule is COc1cc(C=NNC(=O)CCC(=O)NN=Cc2cc(OC)c(O)c(OC)c2)cc(OC)c1O. The van der Waals surface area contributed by atoms with E-state index in [1.165, 1.54) is 65.1 Å². The lowest BCUT2D eigenvalue weighted by Gasteiger charge is -2.09. The van der Waals surface area contributed by atoms with Gasteiger partial charge in [-0.25, -0.2) is 10.9 Å². The molecule has 0 aromatic heterocycles. The van der Waals surface area contributed by atoms with Gasteiger partial charge >= 0.3 is 0 Å². The number of rotatable bonds is 11. The van der Waals surface area contributed by atoms with E-state index in [1.807, 2.05) is 0 Å². The summed E-state index contributed by atoms with van der Waals surface area (Å²) in [6.45, 7) is 0.